The minimum Gasteiger partial charge on any atom is -0.488 e. The molecule has 100 valence electrons. The summed E-state index contributed by atoms with van der Waals surface area (Å²) in [5.74, 6) is 1.04. The summed E-state index contributed by atoms with van der Waals surface area (Å²) in [5, 5.41) is 0. The number of nitrogens with two attached hydrogens (primary N) is 1. The molecule has 2 rings (SSSR count). The lowest BCUT2D eigenvalue weighted by Crippen LogP contribution is -2.25. The van der Waals surface area contributed by atoms with Gasteiger partial charge in [-0.25, -0.2) is 0 Å². The van der Waals surface area contributed by atoms with E-state index >= 15 is 0 Å². The van der Waals surface area contributed by atoms with Gasteiger partial charge in [-0.1, -0.05) is 51.8 Å². The molecule has 2 nitrogen and oxygen atoms in total. The van der Waals surface area contributed by atoms with E-state index in [4.69, 9.17) is 10.5 Å². The van der Waals surface area contributed by atoms with E-state index in [1.807, 2.05) is 0 Å². The SMILES string of the molecule is CCCC1Oc2c(cc(C)cc2C(C)(C)C)C1N. The molecule has 2 heteroatoms. The highest BCUT2D eigenvalue weighted by molar-refractivity contribution is 5.51. The van der Waals surface area contributed by atoms with Crippen molar-refractivity contribution >= 4 is 0 Å². The lowest BCUT2D eigenvalue weighted by molar-refractivity contribution is 0.192. The van der Waals surface area contributed by atoms with E-state index in [0.717, 1.165) is 18.6 Å². The van der Waals surface area contributed by atoms with Crippen molar-refractivity contribution in [1.29, 1.82) is 0 Å². The molecule has 1 aromatic carbocycles. The summed E-state index contributed by atoms with van der Waals surface area (Å²) in [6.07, 6.45) is 2.28. The van der Waals surface area contributed by atoms with E-state index in [1.165, 1.54) is 16.7 Å². The lowest BCUT2D eigenvalue weighted by Gasteiger charge is -2.23. The van der Waals surface area contributed by atoms with Gasteiger partial charge in [0.05, 0.1) is 6.04 Å². The number of ether oxygens (including phenoxy) is 1. The van der Waals surface area contributed by atoms with E-state index in [9.17, 15) is 0 Å². The van der Waals surface area contributed by atoms with E-state index in [2.05, 4.69) is 46.8 Å². The van der Waals surface area contributed by atoms with Crippen molar-refractivity contribution in [2.75, 3.05) is 0 Å². The molecule has 2 unspecified atom stereocenters. The summed E-state index contributed by atoms with van der Waals surface area (Å²) < 4.78 is 6.15. The minimum absolute atomic E-state index is 0.0287. The average molecular weight is 247 g/mol. The van der Waals surface area contributed by atoms with Gasteiger partial charge in [-0.15, -0.1) is 0 Å². The largest absolute Gasteiger partial charge is 0.488 e. The molecule has 1 heterocycles. The number of aryl methyl sites for hydroxylation is 1. The van der Waals surface area contributed by atoms with Gasteiger partial charge in [0.15, 0.2) is 0 Å². The smallest absolute Gasteiger partial charge is 0.128 e. The third-order valence-electron chi connectivity index (χ3n) is 3.67. The molecule has 18 heavy (non-hydrogen) atoms. The highest BCUT2D eigenvalue weighted by Gasteiger charge is 2.35. The van der Waals surface area contributed by atoms with Gasteiger partial charge < -0.3 is 10.5 Å². The fourth-order valence-corrected chi connectivity index (χ4v) is 2.69. The van der Waals surface area contributed by atoms with Crippen LogP contribution in [-0.2, 0) is 5.41 Å². The third kappa shape index (κ3) is 2.26. The quantitative estimate of drug-likeness (QED) is 0.861. The molecule has 0 saturated heterocycles. The first-order valence-corrected chi connectivity index (χ1v) is 6.92. The maximum absolute atomic E-state index is 6.33. The first-order chi connectivity index (χ1) is 8.34. The first kappa shape index (κ1) is 13.4. The van der Waals surface area contributed by atoms with Gasteiger partial charge in [0.1, 0.15) is 11.9 Å². The molecule has 0 saturated carbocycles. The fourth-order valence-electron chi connectivity index (χ4n) is 2.69. The van der Waals surface area contributed by atoms with Gasteiger partial charge >= 0.3 is 0 Å². The Morgan fingerprint density at radius 3 is 2.50 bits per heavy atom. The molecule has 0 spiro atoms. The van der Waals surface area contributed by atoms with Crippen molar-refractivity contribution < 1.29 is 4.74 Å². The van der Waals surface area contributed by atoms with Crippen LogP contribution in [-0.4, -0.2) is 6.10 Å². The Kier molecular flexibility index (Phi) is 3.41. The Labute approximate surface area is 111 Å². The maximum Gasteiger partial charge on any atom is 0.128 e. The van der Waals surface area contributed by atoms with E-state index in [0.29, 0.717) is 0 Å². The molecule has 0 aromatic heterocycles. The topological polar surface area (TPSA) is 35.2 Å². The summed E-state index contributed by atoms with van der Waals surface area (Å²) in [6, 6.07) is 4.45. The standard InChI is InChI=1S/C16H25NO/c1-6-7-13-14(17)11-8-10(2)9-12(15(11)18-13)16(3,4)5/h8-9,13-14H,6-7,17H2,1-5H3. The van der Waals surface area contributed by atoms with Gasteiger partial charge in [0.2, 0.25) is 0 Å². The van der Waals surface area contributed by atoms with Crippen molar-refractivity contribution in [1.82, 2.24) is 0 Å². The van der Waals surface area contributed by atoms with Crippen molar-refractivity contribution in [3.63, 3.8) is 0 Å². The Morgan fingerprint density at radius 1 is 1.28 bits per heavy atom. The molecule has 1 aliphatic heterocycles. The highest BCUT2D eigenvalue weighted by atomic mass is 16.5. The molecular weight excluding hydrogens is 222 g/mol. The van der Waals surface area contributed by atoms with Crippen LogP contribution >= 0.6 is 0 Å². The Morgan fingerprint density at radius 2 is 1.94 bits per heavy atom. The number of rotatable bonds is 2. The Balaban J connectivity index is 2.48. The van der Waals surface area contributed by atoms with Crippen LogP contribution in [0.1, 0.15) is 63.3 Å². The normalized spacial score (nSPS) is 22.8. The fraction of sp³-hybridized carbons (Fsp3) is 0.625. The Hall–Kier alpha value is -1.02. The molecule has 1 aromatic rings. The molecule has 0 aliphatic carbocycles. The Bertz CT molecular complexity index is 445. The third-order valence-corrected chi connectivity index (χ3v) is 3.67. The van der Waals surface area contributed by atoms with E-state index in [1.54, 1.807) is 0 Å². The zero-order valence-corrected chi connectivity index (χ0v) is 12.2. The summed E-state index contributed by atoms with van der Waals surface area (Å²) in [4.78, 5) is 0. The average Bonchev–Trinajstić information content (AvgIpc) is 2.55. The second kappa shape index (κ2) is 4.58. The molecule has 2 atom stereocenters. The number of fused-ring (bicyclic) bond motifs is 1. The number of benzene rings is 1. The van der Waals surface area contributed by atoms with Gasteiger partial charge in [-0.3, -0.25) is 0 Å². The molecule has 0 amide bonds. The number of hydrogen-bond acceptors (Lipinski definition) is 2. The van der Waals surface area contributed by atoms with Crippen LogP contribution in [0.3, 0.4) is 0 Å². The lowest BCUT2D eigenvalue weighted by atomic mass is 9.83. The van der Waals surface area contributed by atoms with Crippen LogP contribution in [0.25, 0.3) is 0 Å². The number of hydrogen-bond donors (Lipinski definition) is 1. The van der Waals surface area contributed by atoms with Crippen molar-refractivity contribution in [2.24, 2.45) is 5.73 Å². The first-order valence-electron chi connectivity index (χ1n) is 6.92. The van der Waals surface area contributed by atoms with Crippen LogP contribution in [0.4, 0.5) is 0 Å². The monoisotopic (exact) mass is 247 g/mol. The van der Waals surface area contributed by atoms with Gasteiger partial charge in [-0.2, -0.15) is 0 Å². The predicted octanol–water partition coefficient (Wildman–Crippen LogP) is 3.85. The van der Waals surface area contributed by atoms with E-state index < -0.39 is 0 Å². The highest BCUT2D eigenvalue weighted by Crippen LogP contribution is 2.44. The summed E-state index contributed by atoms with van der Waals surface area (Å²) in [6.45, 7) is 11.0. The van der Waals surface area contributed by atoms with Gasteiger partial charge in [0, 0.05) is 11.1 Å². The molecule has 0 bridgehead atoms. The molecular formula is C16H25NO. The zero-order chi connectivity index (χ0) is 13.5. The summed E-state index contributed by atoms with van der Waals surface area (Å²) >= 11 is 0. The molecule has 0 radical (unpaired) electrons. The molecule has 2 N–H and O–H groups in total. The van der Waals surface area contributed by atoms with Crippen LogP contribution in [0.15, 0.2) is 12.1 Å². The molecule has 0 fully saturated rings. The van der Waals surface area contributed by atoms with Crippen LogP contribution < -0.4 is 10.5 Å². The van der Waals surface area contributed by atoms with Crippen molar-refractivity contribution in [3.8, 4) is 5.75 Å². The summed E-state index contributed by atoms with van der Waals surface area (Å²) in [7, 11) is 0. The van der Waals surface area contributed by atoms with Gasteiger partial charge in [0.25, 0.3) is 0 Å². The van der Waals surface area contributed by atoms with E-state index in [-0.39, 0.29) is 17.6 Å². The van der Waals surface area contributed by atoms with Gasteiger partial charge in [-0.05, 0) is 18.8 Å². The van der Waals surface area contributed by atoms with Crippen molar-refractivity contribution in [2.45, 2.75) is 65.0 Å². The summed E-state index contributed by atoms with van der Waals surface area (Å²) in [5.41, 5.74) is 10.2. The molecule has 1 aliphatic rings. The van der Waals surface area contributed by atoms with Crippen LogP contribution in [0.2, 0.25) is 0 Å². The van der Waals surface area contributed by atoms with Crippen LogP contribution in [0.5, 0.6) is 5.75 Å². The second-order valence-corrected chi connectivity index (χ2v) is 6.45. The maximum atomic E-state index is 6.33. The zero-order valence-electron chi connectivity index (χ0n) is 12.2. The van der Waals surface area contributed by atoms with Crippen molar-refractivity contribution in [3.05, 3.63) is 28.8 Å². The predicted molar refractivity (Wildman–Crippen MR) is 76.1 cm³/mol. The second-order valence-electron chi connectivity index (χ2n) is 6.45. The minimum atomic E-state index is 0.0287. The van der Waals surface area contributed by atoms with Crippen LogP contribution in [0, 0.1) is 6.92 Å².